The Morgan fingerprint density at radius 3 is 2.86 bits per heavy atom. The summed E-state index contributed by atoms with van der Waals surface area (Å²) in [5, 5.41) is 22.3. The van der Waals surface area contributed by atoms with Crippen LogP contribution in [0.15, 0.2) is 24.3 Å². The minimum absolute atomic E-state index is 0.211. The van der Waals surface area contributed by atoms with Crippen LogP contribution in [0.5, 0.6) is 5.75 Å². The zero-order valence-electron chi connectivity index (χ0n) is 7.98. The van der Waals surface area contributed by atoms with E-state index in [1.165, 1.54) is 0 Å². The summed E-state index contributed by atoms with van der Waals surface area (Å²) in [7, 11) is 0. The van der Waals surface area contributed by atoms with Crippen LogP contribution >= 0.6 is 0 Å². The molecule has 3 heteroatoms. The molecule has 1 heterocycles. The van der Waals surface area contributed by atoms with Crippen LogP contribution in [0.3, 0.4) is 0 Å². The van der Waals surface area contributed by atoms with Gasteiger partial charge in [-0.3, -0.25) is 0 Å². The van der Waals surface area contributed by atoms with Crippen LogP contribution in [0.25, 0.3) is 0 Å². The van der Waals surface area contributed by atoms with Crippen LogP contribution in [-0.4, -0.2) is 22.8 Å². The number of benzene rings is 1. The molecule has 1 fully saturated rings. The molecular formula is C11H15NO2. The maximum Gasteiger partial charge on any atom is 0.115 e. The quantitative estimate of drug-likeness (QED) is 0.675. The first-order valence-electron chi connectivity index (χ1n) is 4.96. The first kappa shape index (κ1) is 9.49. The van der Waals surface area contributed by atoms with E-state index in [0.29, 0.717) is 6.04 Å². The largest absolute Gasteiger partial charge is 0.508 e. The van der Waals surface area contributed by atoms with Crippen molar-refractivity contribution in [3.8, 4) is 5.75 Å². The second-order valence-electron chi connectivity index (χ2n) is 3.79. The molecule has 1 aliphatic heterocycles. The molecule has 2 atom stereocenters. The van der Waals surface area contributed by atoms with Crippen molar-refractivity contribution in [1.29, 1.82) is 0 Å². The standard InChI is InChI=1S/C11H15NO2/c13-10-3-1-2-8(6-10)11(14)7-9-4-5-12-9/h1-3,6,9,11-14H,4-5,7H2. The molecule has 76 valence electrons. The maximum absolute atomic E-state index is 9.83. The van der Waals surface area contributed by atoms with Crippen molar-refractivity contribution in [1.82, 2.24) is 5.32 Å². The van der Waals surface area contributed by atoms with E-state index >= 15 is 0 Å². The van der Waals surface area contributed by atoms with Crippen molar-refractivity contribution in [2.24, 2.45) is 0 Å². The van der Waals surface area contributed by atoms with Gasteiger partial charge in [-0.15, -0.1) is 0 Å². The zero-order valence-corrected chi connectivity index (χ0v) is 7.98. The number of phenolic OH excluding ortho intramolecular Hbond substituents is 1. The molecule has 2 unspecified atom stereocenters. The fourth-order valence-electron chi connectivity index (χ4n) is 1.69. The highest BCUT2D eigenvalue weighted by molar-refractivity contribution is 5.28. The Kier molecular flexibility index (Phi) is 2.70. The number of hydrogen-bond donors (Lipinski definition) is 3. The molecule has 1 saturated heterocycles. The maximum atomic E-state index is 9.83. The molecule has 0 radical (unpaired) electrons. The molecule has 0 spiro atoms. The van der Waals surface area contributed by atoms with E-state index in [-0.39, 0.29) is 5.75 Å². The van der Waals surface area contributed by atoms with E-state index in [1.54, 1.807) is 18.2 Å². The van der Waals surface area contributed by atoms with Gasteiger partial charge in [-0.1, -0.05) is 12.1 Å². The van der Waals surface area contributed by atoms with E-state index in [1.807, 2.05) is 6.07 Å². The van der Waals surface area contributed by atoms with Crippen molar-refractivity contribution >= 4 is 0 Å². The van der Waals surface area contributed by atoms with Crippen LogP contribution < -0.4 is 5.32 Å². The fraction of sp³-hybridized carbons (Fsp3) is 0.455. The van der Waals surface area contributed by atoms with Gasteiger partial charge in [-0.05, 0) is 37.1 Å². The summed E-state index contributed by atoms with van der Waals surface area (Å²) in [6, 6.07) is 7.25. The van der Waals surface area contributed by atoms with Gasteiger partial charge in [-0.25, -0.2) is 0 Å². The SMILES string of the molecule is Oc1cccc(C(O)CC2CCN2)c1. The van der Waals surface area contributed by atoms with Crippen LogP contribution in [0.1, 0.15) is 24.5 Å². The average Bonchev–Trinajstić information content (AvgIpc) is 2.11. The zero-order chi connectivity index (χ0) is 9.97. The number of nitrogens with one attached hydrogen (secondary N) is 1. The van der Waals surface area contributed by atoms with Gasteiger partial charge in [0.25, 0.3) is 0 Å². The summed E-state index contributed by atoms with van der Waals surface area (Å²) in [6.45, 7) is 1.05. The highest BCUT2D eigenvalue weighted by Crippen LogP contribution is 2.24. The van der Waals surface area contributed by atoms with Crippen molar-refractivity contribution in [3.05, 3.63) is 29.8 Å². The summed E-state index contributed by atoms with van der Waals surface area (Å²) in [6.07, 6.45) is 1.39. The second-order valence-corrected chi connectivity index (χ2v) is 3.79. The van der Waals surface area contributed by atoms with E-state index in [4.69, 9.17) is 0 Å². The molecular weight excluding hydrogens is 178 g/mol. The van der Waals surface area contributed by atoms with Crippen LogP contribution in [-0.2, 0) is 0 Å². The molecule has 0 saturated carbocycles. The Labute approximate surface area is 83.4 Å². The molecule has 14 heavy (non-hydrogen) atoms. The molecule has 0 aromatic heterocycles. The molecule has 0 aliphatic carbocycles. The second kappa shape index (κ2) is 3.98. The number of rotatable bonds is 3. The third kappa shape index (κ3) is 2.05. The lowest BCUT2D eigenvalue weighted by Crippen LogP contribution is -2.43. The number of phenols is 1. The van der Waals surface area contributed by atoms with Gasteiger partial charge in [-0.2, -0.15) is 0 Å². The monoisotopic (exact) mass is 193 g/mol. The molecule has 1 aromatic carbocycles. The van der Waals surface area contributed by atoms with Crippen LogP contribution in [0.4, 0.5) is 0 Å². The average molecular weight is 193 g/mol. The lowest BCUT2D eigenvalue weighted by molar-refractivity contribution is 0.136. The van der Waals surface area contributed by atoms with Gasteiger partial charge >= 0.3 is 0 Å². The smallest absolute Gasteiger partial charge is 0.115 e. The van der Waals surface area contributed by atoms with Gasteiger partial charge in [0.2, 0.25) is 0 Å². The minimum Gasteiger partial charge on any atom is -0.508 e. The van der Waals surface area contributed by atoms with E-state index in [0.717, 1.165) is 24.9 Å². The fourth-order valence-corrected chi connectivity index (χ4v) is 1.69. The highest BCUT2D eigenvalue weighted by Gasteiger charge is 2.20. The predicted octanol–water partition coefficient (Wildman–Crippen LogP) is 1.18. The van der Waals surface area contributed by atoms with Crippen molar-refractivity contribution in [3.63, 3.8) is 0 Å². The Bertz CT molecular complexity index is 310. The predicted molar refractivity (Wildman–Crippen MR) is 54.1 cm³/mol. The first-order chi connectivity index (χ1) is 6.75. The molecule has 3 nitrogen and oxygen atoms in total. The Morgan fingerprint density at radius 1 is 1.50 bits per heavy atom. The molecule has 1 aromatic rings. The third-order valence-electron chi connectivity index (χ3n) is 2.69. The lowest BCUT2D eigenvalue weighted by atomic mass is 9.96. The van der Waals surface area contributed by atoms with Gasteiger partial charge in [0, 0.05) is 6.04 Å². The number of aliphatic hydroxyl groups excluding tert-OH is 1. The van der Waals surface area contributed by atoms with Gasteiger partial charge in [0.1, 0.15) is 5.75 Å². The summed E-state index contributed by atoms with van der Waals surface area (Å²) in [5.41, 5.74) is 0.790. The lowest BCUT2D eigenvalue weighted by Gasteiger charge is -2.29. The van der Waals surface area contributed by atoms with Crippen LogP contribution in [0.2, 0.25) is 0 Å². The van der Waals surface area contributed by atoms with Gasteiger partial charge in [0.15, 0.2) is 0 Å². The topological polar surface area (TPSA) is 52.5 Å². The Morgan fingerprint density at radius 2 is 2.29 bits per heavy atom. The van der Waals surface area contributed by atoms with E-state index < -0.39 is 6.10 Å². The van der Waals surface area contributed by atoms with Crippen molar-refractivity contribution in [2.75, 3.05) is 6.54 Å². The molecule has 0 amide bonds. The summed E-state index contributed by atoms with van der Waals surface area (Å²) < 4.78 is 0. The molecule has 2 rings (SSSR count). The van der Waals surface area contributed by atoms with E-state index in [2.05, 4.69) is 5.32 Å². The minimum atomic E-state index is -0.472. The molecule has 0 bridgehead atoms. The Balaban J connectivity index is 1.98. The van der Waals surface area contributed by atoms with E-state index in [9.17, 15) is 10.2 Å². The summed E-state index contributed by atoms with van der Waals surface area (Å²) in [4.78, 5) is 0. The Hall–Kier alpha value is -1.06. The third-order valence-corrected chi connectivity index (χ3v) is 2.69. The normalized spacial score (nSPS) is 22.8. The van der Waals surface area contributed by atoms with Gasteiger partial charge < -0.3 is 15.5 Å². The molecule has 3 N–H and O–H groups in total. The first-order valence-corrected chi connectivity index (χ1v) is 4.96. The van der Waals surface area contributed by atoms with Crippen LogP contribution in [0, 0.1) is 0 Å². The summed E-state index contributed by atoms with van der Waals surface area (Å²) >= 11 is 0. The highest BCUT2D eigenvalue weighted by atomic mass is 16.3. The van der Waals surface area contributed by atoms with Crippen molar-refractivity contribution in [2.45, 2.75) is 25.0 Å². The number of aliphatic hydroxyl groups is 1. The summed E-state index contributed by atoms with van der Waals surface area (Å²) in [5.74, 6) is 0.211. The number of hydrogen-bond acceptors (Lipinski definition) is 3. The van der Waals surface area contributed by atoms with Crippen molar-refractivity contribution < 1.29 is 10.2 Å². The molecule has 1 aliphatic rings. The number of aromatic hydroxyl groups is 1. The van der Waals surface area contributed by atoms with Gasteiger partial charge in [0.05, 0.1) is 6.10 Å².